The van der Waals surface area contributed by atoms with Crippen LogP contribution in [-0.2, 0) is 6.42 Å². The van der Waals surface area contributed by atoms with Gasteiger partial charge in [0.15, 0.2) is 17.7 Å². The first-order valence-corrected chi connectivity index (χ1v) is 7.63. The predicted molar refractivity (Wildman–Crippen MR) is 93.4 cm³/mol. The van der Waals surface area contributed by atoms with Crippen LogP contribution in [0.1, 0.15) is 5.56 Å². The summed E-state index contributed by atoms with van der Waals surface area (Å²) in [5.41, 5.74) is 2.07. The van der Waals surface area contributed by atoms with Crippen molar-refractivity contribution in [2.45, 2.75) is 12.6 Å². The predicted octanol–water partition coefficient (Wildman–Crippen LogP) is 3.83. The number of benzene rings is 2. The minimum Gasteiger partial charge on any atom is -0.493 e. The van der Waals surface area contributed by atoms with Crippen molar-refractivity contribution in [1.29, 1.82) is 0 Å². The highest BCUT2D eigenvalue weighted by Crippen LogP contribution is 2.30. The molecule has 0 aliphatic carbocycles. The third-order valence-corrected chi connectivity index (χ3v) is 3.96. The normalized spacial score (nSPS) is 16.7. The molecule has 0 radical (unpaired) electrons. The maximum atomic E-state index is 5.36. The molecule has 0 aromatic heterocycles. The second-order valence-corrected chi connectivity index (χ2v) is 5.44. The fraction of sp³-hybridized carbons (Fsp3) is 0.235. The summed E-state index contributed by atoms with van der Waals surface area (Å²) in [5.74, 6) is 1.41. The number of nitrogens with zero attached hydrogens (tertiary/aromatic N) is 3. The molecule has 0 saturated carbocycles. The van der Waals surface area contributed by atoms with Gasteiger partial charge in [0.25, 0.3) is 0 Å². The van der Waals surface area contributed by atoms with Crippen molar-refractivity contribution in [3.05, 3.63) is 54.1 Å². The molecule has 118 valence electrons. The summed E-state index contributed by atoms with van der Waals surface area (Å²) in [7, 11) is 3.25. The Bertz CT molecular complexity index is 734. The fourth-order valence-corrected chi connectivity index (χ4v) is 2.84. The first kappa shape index (κ1) is 15.4. The van der Waals surface area contributed by atoms with Crippen LogP contribution in [-0.4, -0.2) is 25.5 Å². The molecule has 1 aliphatic heterocycles. The lowest BCUT2D eigenvalue weighted by Crippen LogP contribution is -2.34. The lowest BCUT2D eigenvalue weighted by atomic mass is 10.1. The molecule has 3 rings (SSSR count). The second kappa shape index (κ2) is 6.75. The Morgan fingerprint density at radius 1 is 1.04 bits per heavy atom. The largest absolute Gasteiger partial charge is 0.493 e. The summed E-state index contributed by atoms with van der Waals surface area (Å²) >= 11 is 5.32. The molecule has 0 amide bonds. The van der Waals surface area contributed by atoms with E-state index >= 15 is 0 Å². The first-order valence-electron chi connectivity index (χ1n) is 7.23. The molecule has 6 heteroatoms. The van der Waals surface area contributed by atoms with Gasteiger partial charge in [0.05, 0.1) is 14.2 Å². The Morgan fingerprint density at radius 2 is 1.78 bits per heavy atom. The number of thiocarbonyl (C=S) groups is 1. The van der Waals surface area contributed by atoms with Gasteiger partial charge in [-0.15, -0.1) is 5.11 Å². The molecule has 1 aliphatic rings. The van der Waals surface area contributed by atoms with E-state index < -0.39 is 0 Å². The van der Waals surface area contributed by atoms with Crippen molar-refractivity contribution in [2.75, 3.05) is 19.1 Å². The zero-order chi connectivity index (χ0) is 16.2. The van der Waals surface area contributed by atoms with Crippen molar-refractivity contribution in [3.63, 3.8) is 0 Å². The van der Waals surface area contributed by atoms with Crippen molar-refractivity contribution in [1.82, 2.24) is 0 Å². The zero-order valence-corrected chi connectivity index (χ0v) is 13.8. The lowest BCUT2D eigenvalue weighted by Gasteiger charge is -2.23. The summed E-state index contributed by atoms with van der Waals surface area (Å²) in [6, 6.07) is 15.8. The van der Waals surface area contributed by atoms with Gasteiger partial charge in [-0.25, -0.2) is 0 Å². The van der Waals surface area contributed by atoms with Crippen LogP contribution in [0.25, 0.3) is 0 Å². The molecule has 2 aromatic carbocycles. The number of rotatable bonds is 5. The van der Waals surface area contributed by atoms with Crippen molar-refractivity contribution >= 4 is 23.0 Å². The Labute approximate surface area is 140 Å². The van der Waals surface area contributed by atoms with E-state index in [1.54, 1.807) is 14.2 Å². The van der Waals surface area contributed by atoms with Crippen LogP contribution in [0, 0.1) is 0 Å². The van der Waals surface area contributed by atoms with E-state index in [4.69, 9.17) is 21.7 Å². The van der Waals surface area contributed by atoms with Crippen molar-refractivity contribution < 1.29 is 9.47 Å². The molecule has 23 heavy (non-hydrogen) atoms. The molecule has 0 bridgehead atoms. The van der Waals surface area contributed by atoms with Crippen LogP contribution in [0.3, 0.4) is 0 Å². The number of ether oxygens (including phenoxy) is 2. The molecule has 0 N–H and O–H groups in total. The third kappa shape index (κ3) is 3.17. The van der Waals surface area contributed by atoms with Crippen LogP contribution in [0.15, 0.2) is 58.8 Å². The third-order valence-electron chi connectivity index (χ3n) is 3.68. The minimum absolute atomic E-state index is 0.150. The van der Waals surface area contributed by atoms with Crippen LogP contribution in [0.5, 0.6) is 11.5 Å². The standard InChI is InChI=1S/C17H17N3O2S/c1-21-14-9-8-12(10-15(14)22-2)11-16-18-19-17(23)20(16)13-6-4-3-5-7-13/h3-10,16H,11H2,1-2H3. The summed E-state index contributed by atoms with van der Waals surface area (Å²) in [4.78, 5) is 1.96. The lowest BCUT2D eigenvalue weighted by molar-refractivity contribution is 0.354. The number of azo groups is 1. The summed E-state index contributed by atoms with van der Waals surface area (Å²) in [6.07, 6.45) is 0.529. The highest BCUT2D eigenvalue weighted by Gasteiger charge is 2.28. The molecule has 2 aromatic rings. The fourth-order valence-electron chi connectivity index (χ4n) is 2.56. The number of hydrogen-bond donors (Lipinski definition) is 0. The second-order valence-electron chi connectivity index (χ2n) is 5.08. The topological polar surface area (TPSA) is 46.4 Å². The SMILES string of the molecule is COc1ccc(CC2N=NC(=S)N2c2ccccc2)cc1OC. The Balaban J connectivity index is 1.84. The van der Waals surface area contributed by atoms with E-state index in [-0.39, 0.29) is 6.17 Å². The molecule has 5 nitrogen and oxygen atoms in total. The minimum atomic E-state index is -0.150. The van der Waals surface area contributed by atoms with Crippen LogP contribution >= 0.6 is 12.2 Å². The van der Waals surface area contributed by atoms with Crippen molar-refractivity contribution in [2.24, 2.45) is 10.2 Å². The van der Waals surface area contributed by atoms with E-state index in [1.807, 2.05) is 53.4 Å². The zero-order valence-electron chi connectivity index (χ0n) is 13.0. The summed E-state index contributed by atoms with van der Waals surface area (Å²) in [6.45, 7) is 0. The monoisotopic (exact) mass is 327 g/mol. The average molecular weight is 327 g/mol. The van der Waals surface area contributed by atoms with E-state index in [1.165, 1.54) is 0 Å². The number of para-hydroxylation sites is 1. The van der Waals surface area contributed by atoms with E-state index in [0.717, 1.165) is 11.3 Å². The summed E-state index contributed by atoms with van der Waals surface area (Å²) < 4.78 is 10.6. The van der Waals surface area contributed by atoms with Gasteiger partial charge >= 0.3 is 0 Å². The van der Waals surface area contributed by atoms with Crippen LogP contribution in [0.2, 0.25) is 0 Å². The van der Waals surface area contributed by atoms with E-state index in [0.29, 0.717) is 23.0 Å². The van der Waals surface area contributed by atoms with Gasteiger partial charge in [0.2, 0.25) is 5.11 Å². The summed E-state index contributed by atoms with van der Waals surface area (Å²) in [5, 5.41) is 8.87. The first-order chi connectivity index (χ1) is 11.2. The van der Waals surface area contributed by atoms with E-state index in [2.05, 4.69) is 10.2 Å². The van der Waals surface area contributed by atoms with Gasteiger partial charge < -0.3 is 9.47 Å². The maximum absolute atomic E-state index is 5.36. The molecule has 1 heterocycles. The number of hydrogen-bond acceptors (Lipinski definition) is 4. The van der Waals surface area contributed by atoms with Gasteiger partial charge in [-0.3, -0.25) is 4.90 Å². The average Bonchev–Trinajstić information content (AvgIpc) is 2.96. The van der Waals surface area contributed by atoms with E-state index in [9.17, 15) is 0 Å². The van der Waals surface area contributed by atoms with Gasteiger partial charge in [-0.05, 0) is 42.0 Å². The molecule has 0 saturated heterocycles. The van der Waals surface area contributed by atoms with Gasteiger partial charge in [-0.2, -0.15) is 5.11 Å². The Kier molecular flexibility index (Phi) is 4.52. The van der Waals surface area contributed by atoms with Crippen LogP contribution in [0.4, 0.5) is 5.69 Å². The highest BCUT2D eigenvalue weighted by molar-refractivity contribution is 7.80. The van der Waals surface area contributed by atoms with Gasteiger partial charge in [-0.1, -0.05) is 24.3 Å². The van der Waals surface area contributed by atoms with Crippen molar-refractivity contribution in [3.8, 4) is 11.5 Å². The quantitative estimate of drug-likeness (QED) is 0.783. The Hall–Kier alpha value is -2.47. The molecular formula is C17H17N3O2S. The molecular weight excluding hydrogens is 310 g/mol. The smallest absolute Gasteiger partial charge is 0.222 e. The number of methoxy groups -OCH3 is 2. The van der Waals surface area contributed by atoms with Gasteiger partial charge in [0.1, 0.15) is 0 Å². The highest BCUT2D eigenvalue weighted by atomic mass is 32.1. The maximum Gasteiger partial charge on any atom is 0.222 e. The molecule has 1 atom stereocenters. The molecule has 1 unspecified atom stereocenters. The number of anilines is 1. The van der Waals surface area contributed by atoms with Crippen LogP contribution < -0.4 is 14.4 Å². The Morgan fingerprint density at radius 3 is 2.48 bits per heavy atom. The molecule has 0 spiro atoms. The van der Waals surface area contributed by atoms with Gasteiger partial charge in [0, 0.05) is 12.1 Å². The molecule has 0 fully saturated rings.